The van der Waals surface area contributed by atoms with Gasteiger partial charge in [0.25, 0.3) is 5.91 Å². The fourth-order valence-corrected chi connectivity index (χ4v) is 5.15. The summed E-state index contributed by atoms with van der Waals surface area (Å²) in [6.45, 7) is 4.68. The lowest BCUT2D eigenvalue weighted by Crippen LogP contribution is -2.16. The molecule has 2 aliphatic rings. The van der Waals surface area contributed by atoms with Gasteiger partial charge >= 0.3 is 0 Å². The van der Waals surface area contributed by atoms with Crippen molar-refractivity contribution in [1.82, 2.24) is 29.6 Å². The Balaban J connectivity index is 1.38. The number of imidazole rings is 1. The summed E-state index contributed by atoms with van der Waals surface area (Å²) < 4.78 is 7.58. The highest BCUT2D eigenvalue weighted by molar-refractivity contribution is 6.06. The number of carbonyl (C=O) groups excluding carboxylic acids is 1. The van der Waals surface area contributed by atoms with E-state index in [1.165, 1.54) is 5.56 Å². The molecule has 2 N–H and O–H groups in total. The maximum Gasteiger partial charge on any atom is 0.254 e. The van der Waals surface area contributed by atoms with Gasteiger partial charge in [-0.1, -0.05) is 12.1 Å². The number of carbonyl (C=O) groups is 1. The summed E-state index contributed by atoms with van der Waals surface area (Å²) in [6.07, 6.45) is 4.80. The van der Waals surface area contributed by atoms with Crippen LogP contribution in [0.4, 0.5) is 11.5 Å². The zero-order valence-electron chi connectivity index (χ0n) is 20.7. The van der Waals surface area contributed by atoms with E-state index in [1.807, 2.05) is 62.1 Å². The lowest BCUT2D eigenvalue weighted by molar-refractivity contribution is 0.0966. The standard InChI is InChI=1S/C27H29N7O2/c1-16-8-10-34-23(13-29-27(34)30-16)19-4-6-21(25-20(19)12-28-26(25)35)31-24-7-5-18(17-9-11-36-15-17)22(32-24)14-33(2)3/h4-8,10,13,17H,9,11-12,14-15H2,1-3H3,(H,28,35)(H,31,32)/t17-/m0/s1. The van der Waals surface area contributed by atoms with Gasteiger partial charge in [0.15, 0.2) is 0 Å². The molecule has 2 aliphatic heterocycles. The SMILES string of the molecule is Cc1ccn2c(-c3ccc(Nc4ccc([C@H]5CCOC5)c(CN(C)C)n4)c4c3CNC4=O)cnc2n1. The summed E-state index contributed by atoms with van der Waals surface area (Å²) >= 11 is 0. The number of amides is 1. The van der Waals surface area contributed by atoms with Gasteiger partial charge in [0.05, 0.1) is 35.4 Å². The van der Waals surface area contributed by atoms with Crippen LogP contribution in [-0.4, -0.2) is 57.5 Å². The Hall–Kier alpha value is -3.82. The minimum atomic E-state index is -0.0922. The minimum absolute atomic E-state index is 0.0922. The summed E-state index contributed by atoms with van der Waals surface area (Å²) in [4.78, 5) is 29.0. The van der Waals surface area contributed by atoms with Crippen LogP contribution in [0.2, 0.25) is 0 Å². The number of hydrogen-bond donors (Lipinski definition) is 2. The van der Waals surface area contributed by atoms with Gasteiger partial charge in [0.2, 0.25) is 5.78 Å². The number of pyridine rings is 1. The van der Waals surface area contributed by atoms with E-state index >= 15 is 0 Å². The fraction of sp³-hybridized carbons (Fsp3) is 0.333. The number of ether oxygens (including phenoxy) is 1. The number of aryl methyl sites for hydroxylation is 1. The molecule has 184 valence electrons. The van der Waals surface area contributed by atoms with E-state index in [2.05, 4.69) is 31.6 Å². The second-order valence-corrected chi connectivity index (χ2v) is 9.73. The quantitative estimate of drug-likeness (QED) is 0.432. The molecule has 0 spiro atoms. The van der Waals surface area contributed by atoms with Crippen LogP contribution >= 0.6 is 0 Å². The van der Waals surface area contributed by atoms with E-state index in [0.29, 0.717) is 23.8 Å². The molecule has 5 heterocycles. The van der Waals surface area contributed by atoms with Gasteiger partial charge in [-0.3, -0.25) is 9.20 Å². The van der Waals surface area contributed by atoms with E-state index < -0.39 is 0 Å². The Morgan fingerprint density at radius 3 is 2.89 bits per heavy atom. The van der Waals surface area contributed by atoms with Crippen LogP contribution in [0.5, 0.6) is 0 Å². The highest BCUT2D eigenvalue weighted by Crippen LogP contribution is 2.36. The third kappa shape index (κ3) is 4.00. The van der Waals surface area contributed by atoms with Gasteiger partial charge in [-0.25, -0.2) is 15.0 Å². The normalized spacial score (nSPS) is 17.1. The molecule has 0 aliphatic carbocycles. The molecule has 9 heteroatoms. The number of nitrogens with one attached hydrogen (secondary N) is 2. The van der Waals surface area contributed by atoms with Crippen molar-refractivity contribution in [2.45, 2.75) is 32.4 Å². The molecular weight excluding hydrogens is 454 g/mol. The third-order valence-electron chi connectivity index (χ3n) is 6.87. The van der Waals surface area contributed by atoms with Crippen LogP contribution in [0, 0.1) is 6.92 Å². The van der Waals surface area contributed by atoms with Crippen molar-refractivity contribution in [1.29, 1.82) is 0 Å². The van der Waals surface area contributed by atoms with Crippen LogP contribution in [0.1, 0.15) is 45.2 Å². The molecule has 0 unspecified atom stereocenters. The Bertz CT molecular complexity index is 1470. The first-order valence-electron chi connectivity index (χ1n) is 12.2. The first-order chi connectivity index (χ1) is 17.5. The lowest BCUT2D eigenvalue weighted by Gasteiger charge is -2.19. The lowest BCUT2D eigenvalue weighted by atomic mass is 9.96. The van der Waals surface area contributed by atoms with Gasteiger partial charge in [-0.15, -0.1) is 0 Å². The number of rotatable bonds is 6. The topological polar surface area (TPSA) is 96.7 Å². The molecule has 1 amide bonds. The maximum atomic E-state index is 12.9. The van der Waals surface area contributed by atoms with E-state index in [0.717, 1.165) is 65.9 Å². The van der Waals surface area contributed by atoms with Crippen LogP contribution in [0.3, 0.4) is 0 Å². The third-order valence-corrected chi connectivity index (χ3v) is 6.87. The second kappa shape index (κ2) is 9.00. The smallest absolute Gasteiger partial charge is 0.254 e. The molecule has 0 bridgehead atoms. The fourth-order valence-electron chi connectivity index (χ4n) is 5.15. The Labute approximate surface area is 209 Å². The van der Waals surface area contributed by atoms with Crippen LogP contribution in [0.25, 0.3) is 17.0 Å². The van der Waals surface area contributed by atoms with Crippen LogP contribution in [0.15, 0.2) is 42.7 Å². The molecule has 3 aromatic heterocycles. The first-order valence-corrected chi connectivity index (χ1v) is 12.2. The van der Waals surface area contributed by atoms with Gasteiger partial charge in [0.1, 0.15) is 5.82 Å². The minimum Gasteiger partial charge on any atom is -0.381 e. The molecule has 1 saturated heterocycles. The number of benzene rings is 1. The van der Waals surface area contributed by atoms with Crippen molar-refractivity contribution in [2.75, 3.05) is 32.6 Å². The molecule has 4 aromatic rings. The Morgan fingerprint density at radius 2 is 2.08 bits per heavy atom. The van der Waals surface area contributed by atoms with Gasteiger partial charge in [-0.2, -0.15) is 0 Å². The van der Waals surface area contributed by atoms with Crippen molar-refractivity contribution in [3.63, 3.8) is 0 Å². The average Bonchev–Trinajstić information content (AvgIpc) is 3.60. The molecule has 1 fully saturated rings. The van der Waals surface area contributed by atoms with E-state index in [9.17, 15) is 4.79 Å². The summed E-state index contributed by atoms with van der Waals surface area (Å²) in [5, 5.41) is 6.42. The predicted octanol–water partition coefficient (Wildman–Crippen LogP) is 3.65. The van der Waals surface area contributed by atoms with Crippen molar-refractivity contribution in [3.8, 4) is 11.3 Å². The molecule has 0 saturated carbocycles. The van der Waals surface area contributed by atoms with Crippen LogP contribution < -0.4 is 10.6 Å². The molecular formula is C27H29N7O2. The van der Waals surface area contributed by atoms with E-state index in [1.54, 1.807) is 0 Å². The molecule has 0 radical (unpaired) electrons. The van der Waals surface area contributed by atoms with Crippen molar-refractivity contribution in [2.24, 2.45) is 0 Å². The highest BCUT2D eigenvalue weighted by atomic mass is 16.5. The van der Waals surface area contributed by atoms with Crippen LogP contribution in [-0.2, 0) is 17.8 Å². The van der Waals surface area contributed by atoms with Crippen molar-refractivity contribution < 1.29 is 9.53 Å². The maximum absolute atomic E-state index is 12.9. The molecule has 1 atom stereocenters. The van der Waals surface area contributed by atoms with E-state index in [4.69, 9.17) is 9.72 Å². The van der Waals surface area contributed by atoms with Gasteiger partial charge < -0.3 is 20.3 Å². The summed E-state index contributed by atoms with van der Waals surface area (Å²) in [5.41, 5.74) is 7.39. The monoisotopic (exact) mass is 483 g/mol. The number of fused-ring (bicyclic) bond motifs is 2. The molecule has 6 rings (SSSR count). The average molecular weight is 484 g/mol. The Morgan fingerprint density at radius 1 is 1.19 bits per heavy atom. The summed E-state index contributed by atoms with van der Waals surface area (Å²) in [7, 11) is 4.09. The number of hydrogen-bond acceptors (Lipinski definition) is 7. The first kappa shape index (κ1) is 22.6. The largest absolute Gasteiger partial charge is 0.381 e. The molecule has 9 nitrogen and oxygen atoms in total. The Kier molecular flexibility index (Phi) is 5.66. The number of aromatic nitrogens is 4. The highest BCUT2D eigenvalue weighted by Gasteiger charge is 2.28. The van der Waals surface area contributed by atoms with Gasteiger partial charge in [-0.05, 0) is 56.8 Å². The predicted molar refractivity (Wildman–Crippen MR) is 137 cm³/mol. The summed E-state index contributed by atoms with van der Waals surface area (Å²) in [5.74, 6) is 1.65. The number of nitrogens with zero attached hydrogens (tertiary/aromatic N) is 5. The van der Waals surface area contributed by atoms with Gasteiger partial charge in [0, 0.05) is 43.1 Å². The van der Waals surface area contributed by atoms with Crippen molar-refractivity contribution >= 4 is 23.2 Å². The summed E-state index contributed by atoms with van der Waals surface area (Å²) in [6, 6.07) is 10.1. The molecule has 1 aromatic carbocycles. The van der Waals surface area contributed by atoms with Crippen molar-refractivity contribution in [3.05, 3.63) is 70.8 Å². The molecule has 36 heavy (non-hydrogen) atoms. The van der Waals surface area contributed by atoms with E-state index in [-0.39, 0.29) is 5.91 Å². The zero-order chi connectivity index (χ0) is 24.8. The number of anilines is 2. The second-order valence-electron chi connectivity index (χ2n) is 9.73. The zero-order valence-corrected chi connectivity index (χ0v) is 20.7.